The molecule has 2 aromatic rings. The van der Waals surface area contributed by atoms with Gasteiger partial charge in [-0.3, -0.25) is 4.68 Å². The summed E-state index contributed by atoms with van der Waals surface area (Å²) in [5.74, 6) is -1.28. The fourth-order valence-corrected chi connectivity index (χ4v) is 1.58. The zero-order chi connectivity index (χ0) is 11.7. The van der Waals surface area contributed by atoms with Gasteiger partial charge in [0, 0.05) is 12.1 Å². The summed E-state index contributed by atoms with van der Waals surface area (Å²) in [4.78, 5) is 10.6. The molecule has 0 amide bonds. The van der Waals surface area contributed by atoms with Crippen molar-refractivity contribution in [2.75, 3.05) is 0 Å². The minimum atomic E-state index is -1.28. The number of carboxylic acid groups (broad SMARTS) is 1. The van der Waals surface area contributed by atoms with Crippen molar-refractivity contribution in [3.8, 4) is 11.3 Å². The maximum Gasteiger partial charge on any atom is 0.108 e. The predicted molar refractivity (Wildman–Crippen MR) is 58.0 cm³/mol. The highest BCUT2D eigenvalue weighted by Gasteiger charge is 2.07. The van der Waals surface area contributed by atoms with E-state index in [0.29, 0.717) is 10.7 Å². The molecule has 0 saturated carbocycles. The van der Waals surface area contributed by atoms with E-state index >= 15 is 0 Å². The lowest BCUT2D eigenvalue weighted by Crippen LogP contribution is -2.22. The molecular weight excluding hydrogens is 228 g/mol. The third-order valence-electron chi connectivity index (χ3n) is 2.23. The molecule has 0 aliphatic carbocycles. The molecule has 1 aromatic carbocycles. The predicted octanol–water partition coefficient (Wildman–Crippen LogP) is 1.10. The number of carbonyl (C=O) groups excluding carboxylic acids is 1. The minimum absolute atomic E-state index is 0.0764. The van der Waals surface area contributed by atoms with Gasteiger partial charge in [-0.2, -0.15) is 5.10 Å². The lowest BCUT2D eigenvalue weighted by Gasteiger charge is -2.00. The minimum Gasteiger partial charge on any atom is -0.543 e. The summed E-state index contributed by atoms with van der Waals surface area (Å²) in [6.07, 6.45) is 0. The van der Waals surface area contributed by atoms with Gasteiger partial charge in [0.05, 0.1) is 11.7 Å². The highest BCUT2D eigenvalue weighted by Crippen LogP contribution is 2.21. The van der Waals surface area contributed by atoms with Gasteiger partial charge in [-0.1, -0.05) is 23.7 Å². The van der Waals surface area contributed by atoms with Crippen LogP contribution < -0.4 is 5.11 Å². The average Bonchev–Trinajstić information content (AvgIpc) is 2.62. The number of aromatic nitrogens is 2. The van der Waals surface area contributed by atoms with Gasteiger partial charge in [-0.15, -0.1) is 0 Å². The van der Waals surface area contributed by atoms with Crippen LogP contribution in [0.5, 0.6) is 0 Å². The molecule has 0 radical (unpaired) electrons. The van der Waals surface area contributed by atoms with Crippen molar-refractivity contribution >= 4 is 17.6 Å². The molecule has 0 N–H and O–H groups in total. The molecule has 0 aliphatic heterocycles. The molecule has 0 unspecified atom stereocenters. The van der Waals surface area contributed by atoms with Crippen LogP contribution in [0.1, 0.15) is 10.5 Å². The molecule has 1 heterocycles. The summed E-state index contributed by atoms with van der Waals surface area (Å²) in [6.45, 7) is 0. The van der Waals surface area contributed by atoms with E-state index in [0.717, 1.165) is 5.56 Å². The Morgan fingerprint density at radius 3 is 2.50 bits per heavy atom. The molecule has 82 valence electrons. The fourth-order valence-electron chi connectivity index (χ4n) is 1.46. The number of aryl methyl sites for hydroxylation is 1. The first-order valence-corrected chi connectivity index (χ1v) is 4.97. The molecule has 0 saturated heterocycles. The number of carboxylic acids is 1. The Kier molecular flexibility index (Phi) is 2.66. The van der Waals surface area contributed by atoms with Crippen molar-refractivity contribution in [3.63, 3.8) is 0 Å². The summed E-state index contributed by atoms with van der Waals surface area (Å²) in [6, 6.07) is 8.56. The highest BCUT2D eigenvalue weighted by molar-refractivity contribution is 6.30. The van der Waals surface area contributed by atoms with Gasteiger partial charge in [0.15, 0.2) is 0 Å². The number of rotatable bonds is 2. The van der Waals surface area contributed by atoms with Crippen LogP contribution in [-0.4, -0.2) is 15.7 Å². The Morgan fingerprint density at radius 1 is 1.38 bits per heavy atom. The monoisotopic (exact) mass is 235 g/mol. The molecule has 5 heteroatoms. The first-order chi connectivity index (χ1) is 7.58. The molecule has 0 bridgehead atoms. The van der Waals surface area contributed by atoms with E-state index in [9.17, 15) is 9.90 Å². The van der Waals surface area contributed by atoms with Crippen LogP contribution in [-0.2, 0) is 7.05 Å². The number of halogens is 1. The summed E-state index contributed by atoms with van der Waals surface area (Å²) < 4.78 is 1.49. The van der Waals surface area contributed by atoms with E-state index in [1.54, 1.807) is 31.3 Å². The van der Waals surface area contributed by atoms with Crippen LogP contribution in [0.4, 0.5) is 0 Å². The Morgan fingerprint density at radius 2 is 2.00 bits per heavy atom. The smallest absolute Gasteiger partial charge is 0.108 e. The maximum absolute atomic E-state index is 10.6. The molecule has 4 nitrogen and oxygen atoms in total. The Labute approximate surface area is 97.1 Å². The third kappa shape index (κ3) is 1.92. The summed E-state index contributed by atoms with van der Waals surface area (Å²) >= 11 is 5.77. The van der Waals surface area contributed by atoms with Crippen molar-refractivity contribution in [2.24, 2.45) is 7.05 Å². The van der Waals surface area contributed by atoms with Gasteiger partial charge in [0.25, 0.3) is 0 Å². The number of nitrogens with zero attached hydrogens (tertiary/aromatic N) is 2. The van der Waals surface area contributed by atoms with Crippen molar-refractivity contribution in [1.29, 1.82) is 0 Å². The normalized spacial score (nSPS) is 10.4. The second-order valence-corrected chi connectivity index (χ2v) is 3.77. The number of benzene rings is 1. The van der Waals surface area contributed by atoms with E-state index in [4.69, 9.17) is 11.6 Å². The zero-order valence-electron chi connectivity index (χ0n) is 8.48. The highest BCUT2D eigenvalue weighted by atomic mass is 35.5. The summed E-state index contributed by atoms with van der Waals surface area (Å²) in [7, 11) is 1.68. The van der Waals surface area contributed by atoms with Crippen LogP contribution in [0.3, 0.4) is 0 Å². The van der Waals surface area contributed by atoms with E-state index in [-0.39, 0.29) is 5.69 Å². The molecule has 1 aromatic heterocycles. The molecule has 16 heavy (non-hydrogen) atoms. The van der Waals surface area contributed by atoms with Crippen LogP contribution in [0.25, 0.3) is 11.3 Å². The van der Waals surface area contributed by atoms with Crippen molar-refractivity contribution in [2.45, 2.75) is 0 Å². The Hall–Kier alpha value is -1.81. The number of aromatic carboxylic acids is 1. The number of hydrogen-bond acceptors (Lipinski definition) is 3. The zero-order valence-corrected chi connectivity index (χ0v) is 9.23. The average molecular weight is 236 g/mol. The molecule has 0 atom stereocenters. The first kappa shape index (κ1) is 10.7. The van der Waals surface area contributed by atoms with E-state index in [1.165, 1.54) is 10.7 Å². The first-order valence-electron chi connectivity index (χ1n) is 4.59. The van der Waals surface area contributed by atoms with Crippen LogP contribution >= 0.6 is 11.6 Å². The fraction of sp³-hybridized carbons (Fsp3) is 0.0909. The van der Waals surface area contributed by atoms with Gasteiger partial charge >= 0.3 is 0 Å². The van der Waals surface area contributed by atoms with E-state index in [1.807, 2.05) is 0 Å². The Balaban J connectivity index is 2.47. The third-order valence-corrected chi connectivity index (χ3v) is 2.48. The quantitative estimate of drug-likeness (QED) is 0.783. The second kappa shape index (κ2) is 3.98. The largest absolute Gasteiger partial charge is 0.543 e. The number of hydrogen-bond donors (Lipinski definition) is 0. The topological polar surface area (TPSA) is 58.0 Å². The molecule has 0 fully saturated rings. The molecule has 0 spiro atoms. The van der Waals surface area contributed by atoms with Crippen LogP contribution in [0, 0.1) is 0 Å². The van der Waals surface area contributed by atoms with Gasteiger partial charge in [-0.25, -0.2) is 0 Å². The SMILES string of the molecule is Cn1nc(C(=O)[O-])cc1-c1ccc(Cl)cc1. The van der Waals surface area contributed by atoms with Crippen molar-refractivity contribution in [1.82, 2.24) is 9.78 Å². The molecular formula is C11H8ClN2O2-. The summed E-state index contributed by atoms with van der Waals surface area (Å²) in [5, 5.41) is 15.1. The van der Waals surface area contributed by atoms with E-state index in [2.05, 4.69) is 5.10 Å². The van der Waals surface area contributed by atoms with Crippen molar-refractivity contribution < 1.29 is 9.90 Å². The van der Waals surface area contributed by atoms with Gasteiger partial charge in [-0.05, 0) is 23.8 Å². The van der Waals surface area contributed by atoms with Crippen LogP contribution in [0.2, 0.25) is 5.02 Å². The molecule has 2 rings (SSSR count). The Bertz CT molecular complexity index is 531. The van der Waals surface area contributed by atoms with Gasteiger partial charge in [0.2, 0.25) is 0 Å². The second-order valence-electron chi connectivity index (χ2n) is 3.33. The standard InChI is InChI=1S/C11H9ClN2O2/c1-14-10(6-9(13-14)11(15)16)7-2-4-8(12)5-3-7/h2-6H,1H3,(H,15,16)/p-1. The van der Waals surface area contributed by atoms with Gasteiger partial charge < -0.3 is 9.90 Å². The van der Waals surface area contributed by atoms with Gasteiger partial charge in [0.1, 0.15) is 5.69 Å². The lowest BCUT2D eigenvalue weighted by atomic mass is 10.1. The summed E-state index contributed by atoms with van der Waals surface area (Å²) in [5.41, 5.74) is 1.48. The lowest BCUT2D eigenvalue weighted by molar-refractivity contribution is -0.255. The van der Waals surface area contributed by atoms with Crippen LogP contribution in [0.15, 0.2) is 30.3 Å². The molecule has 0 aliphatic rings. The van der Waals surface area contributed by atoms with Crippen molar-refractivity contribution in [3.05, 3.63) is 41.0 Å². The number of carbonyl (C=O) groups is 1. The maximum atomic E-state index is 10.6. The van der Waals surface area contributed by atoms with E-state index < -0.39 is 5.97 Å².